The average Bonchev–Trinajstić information content (AvgIpc) is 2.09. The summed E-state index contributed by atoms with van der Waals surface area (Å²) in [4.78, 5) is 0. The number of ether oxygens (including phenoxy) is 1. The highest BCUT2D eigenvalue weighted by atomic mass is 32.2. The van der Waals surface area contributed by atoms with E-state index in [0.717, 1.165) is 6.42 Å². The molecule has 1 atom stereocenters. The molecule has 0 aromatic heterocycles. The minimum absolute atomic E-state index is 0.0315. The number of sulfonamides is 1. The molecule has 0 saturated carbocycles. The van der Waals surface area contributed by atoms with Crippen molar-refractivity contribution in [2.45, 2.75) is 53.6 Å². The molecule has 0 aliphatic carbocycles. The first-order chi connectivity index (χ1) is 7.37. The van der Waals surface area contributed by atoms with Crippen LogP contribution in [0.5, 0.6) is 0 Å². The lowest BCUT2D eigenvalue weighted by molar-refractivity contribution is -0.0501. The van der Waals surface area contributed by atoms with E-state index in [0.29, 0.717) is 6.61 Å². The summed E-state index contributed by atoms with van der Waals surface area (Å²) in [6.07, 6.45) is 0.888. The van der Waals surface area contributed by atoms with Crippen molar-refractivity contribution in [2.75, 3.05) is 12.4 Å². The molecule has 0 radical (unpaired) electrons. The summed E-state index contributed by atoms with van der Waals surface area (Å²) in [5.41, 5.74) is -0.363. The molecule has 0 spiro atoms. The van der Waals surface area contributed by atoms with Crippen LogP contribution in [-0.2, 0) is 14.8 Å². The van der Waals surface area contributed by atoms with Crippen molar-refractivity contribution >= 4 is 10.0 Å². The third-order valence-electron chi connectivity index (χ3n) is 3.18. The summed E-state index contributed by atoms with van der Waals surface area (Å²) < 4.78 is 28.2. The molecule has 0 saturated heterocycles. The first-order valence-corrected chi connectivity index (χ1v) is 7.73. The first-order valence-electron chi connectivity index (χ1n) is 6.02. The fourth-order valence-corrected chi connectivity index (χ4v) is 2.41. The molecule has 4 nitrogen and oxygen atoms in total. The van der Waals surface area contributed by atoms with E-state index >= 15 is 0 Å². The Balaban J connectivity index is 4.64. The zero-order chi connectivity index (χ0) is 13.9. The van der Waals surface area contributed by atoms with Gasteiger partial charge in [0.05, 0.1) is 18.0 Å². The van der Waals surface area contributed by atoms with Gasteiger partial charge in [-0.25, -0.2) is 13.6 Å². The van der Waals surface area contributed by atoms with Crippen LogP contribution in [0.25, 0.3) is 0 Å². The van der Waals surface area contributed by atoms with Crippen molar-refractivity contribution in [3.63, 3.8) is 0 Å². The Morgan fingerprint density at radius 2 is 1.65 bits per heavy atom. The van der Waals surface area contributed by atoms with E-state index in [1.54, 1.807) is 0 Å². The van der Waals surface area contributed by atoms with Crippen LogP contribution in [0.1, 0.15) is 48.0 Å². The summed E-state index contributed by atoms with van der Waals surface area (Å²) in [5, 5.41) is 5.12. The van der Waals surface area contributed by atoms with Crippen molar-refractivity contribution in [1.82, 2.24) is 0 Å². The molecule has 0 aliphatic rings. The molecular formula is C12H27NO3S. The third-order valence-corrected chi connectivity index (χ3v) is 4.05. The van der Waals surface area contributed by atoms with Gasteiger partial charge in [-0.3, -0.25) is 0 Å². The van der Waals surface area contributed by atoms with Crippen molar-refractivity contribution in [2.24, 2.45) is 16.5 Å². The first kappa shape index (κ1) is 16.9. The predicted octanol–water partition coefficient (Wildman–Crippen LogP) is 2.14. The van der Waals surface area contributed by atoms with Crippen LogP contribution in [0.3, 0.4) is 0 Å². The van der Waals surface area contributed by atoms with Crippen LogP contribution in [0, 0.1) is 11.3 Å². The highest BCUT2D eigenvalue weighted by Crippen LogP contribution is 2.29. The van der Waals surface area contributed by atoms with Crippen LogP contribution in [0.2, 0.25) is 0 Å². The molecule has 2 N–H and O–H groups in total. The van der Waals surface area contributed by atoms with Gasteiger partial charge in [0.2, 0.25) is 10.0 Å². The molecule has 0 fully saturated rings. The van der Waals surface area contributed by atoms with E-state index in [4.69, 9.17) is 9.88 Å². The van der Waals surface area contributed by atoms with Crippen molar-refractivity contribution < 1.29 is 13.2 Å². The summed E-state index contributed by atoms with van der Waals surface area (Å²) in [5.74, 6) is -0.126. The zero-order valence-corrected chi connectivity index (χ0v) is 12.7. The molecule has 5 heteroatoms. The summed E-state index contributed by atoms with van der Waals surface area (Å²) in [6.45, 7) is 12.5. The molecule has 0 bridgehead atoms. The Kier molecular flexibility index (Phi) is 5.63. The molecule has 104 valence electrons. The standard InChI is InChI=1S/C12H27NO3S/c1-7-12(5,6)16-8-10(11(2,3)4)9-17(13,14)15/h10H,7-9H2,1-6H3,(H2,13,14,15). The molecule has 0 amide bonds. The van der Waals surface area contributed by atoms with E-state index in [9.17, 15) is 8.42 Å². The quantitative estimate of drug-likeness (QED) is 0.800. The maximum absolute atomic E-state index is 11.2. The van der Waals surface area contributed by atoms with Gasteiger partial charge >= 0.3 is 0 Å². The summed E-state index contributed by atoms with van der Waals surface area (Å²) in [7, 11) is -3.46. The molecule has 0 heterocycles. The van der Waals surface area contributed by atoms with Gasteiger partial charge in [-0.15, -0.1) is 0 Å². The lowest BCUT2D eigenvalue weighted by atomic mass is 9.82. The third kappa shape index (κ3) is 7.73. The second-order valence-corrected chi connectivity index (χ2v) is 7.98. The van der Waals surface area contributed by atoms with Crippen LogP contribution < -0.4 is 5.14 Å². The topological polar surface area (TPSA) is 69.4 Å². The number of hydrogen-bond donors (Lipinski definition) is 1. The van der Waals surface area contributed by atoms with Gasteiger partial charge in [0.25, 0.3) is 0 Å². The van der Waals surface area contributed by atoms with Gasteiger partial charge in [0, 0.05) is 5.92 Å². The number of hydrogen-bond acceptors (Lipinski definition) is 3. The van der Waals surface area contributed by atoms with E-state index in [1.165, 1.54) is 0 Å². The Hall–Kier alpha value is -0.130. The minimum atomic E-state index is -3.46. The smallest absolute Gasteiger partial charge is 0.209 e. The second kappa shape index (κ2) is 5.67. The van der Waals surface area contributed by atoms with Crippen LogP contribution in [0.4, 0.5) is 0 Å². The Bertz CT molecular complexity index is 328. The van der Waals surface area contributed by atoms with Gasteiger partial charge in [0.15, 0.2) is 0 Å². The van der Waals surface area contributed by atoms with Gasteiger partial charge in [-0.2, -0.15) is 0 Å². The highest BCUT2D eigenvalue weighted by molar-refractivity contribution is 7.89. The normalized spacial score (nSPS) is 15.9. The molecule has 0 rings (SSSR count). The fraction of sp³-hybridized carbons (Fsp3) is 1.00. The summed E-state index contributed by atoms with van der Waals surface area (Å²) in [6, 6.07) is 0. The Labute approximate surface area is 106 Å². The molecule has 17 heavy (non-hydrogen) atoms. The maximum Gasteiger partial charge on any atom is 0.209 e. The lowest BCUT2D eigenvalue weighted by Crippen LogP contribution is -2.37. The van der Waals surface area contributed by atoms with Crippen LogP contribution in [-0.4, -0.2) is 26.4 Å². The van der Waals surface area contributed by atoms with Crippen LogP contribution >= 0.6 is 0 Å². The number of primary sulfonamides is 1. The monoisotopic (exact) mass is 265 g/mol. The van der Waals surface area contributed by atoms with Gasteiger partial charge in [-0.05, 0) is 25.7 Å². The van der Waals surface area contributed by atoms with Crippen LogP contribution in [0.15, 0.2) is 0 Å². The number of rotatable bonds is 6. The predicted molar refractivity (Wildman–Crippen MR) is 71.2 cm³/mol. The van der Waals surface area contributed by atoms with E-state index < -0.39 is 10.0 Å². The average molecular weight is 265 g/mol. The minimum Gasteiger partial charge on any atom is -0.375 e. The van der Waals surface area contributed by atoms with Crippen molar-refractivity contribution in [1.29, 1.82) is 0 Å². The number of nitrogens with two attached hydrogens (primary N) is 1. The molecule has 0 aromatic rings. The van der Waals surface area contributed by atoms with E-state index in [2.05, 4.69) is 0 Å². The Morgan fingerprint density at radius 3 is 1.94 bits per heavy atom. The molecule has 1 unspecified atom stereocenters. The largest absolute Gasteiger partial charge is 0.375 e. The SMILES string of the molecule is CCC(C)(C)OCC(CS(N)(=O)=O)C(C)(C)C. The van der Waals surface area contributed by atoms with Gasteiger partial charge in [0.1, 0.15) is 0 Å². The Morgan fingerprint density at radius 1 is 1.18 bits per heavy atom. The second-order valence-electron chi connectivity index (χ2n) is 6.32. The fourth-order valence-electron chi connectivity index (χ4n) is 1.26. The van der Waals surface area contributed by atoms with Crippen molar-refractivity contribution in [3.05, 3.63) is 0 Å². The summed E-state index contributed by atoms with van der Waals surface area (Å²) >= 11 is 0. The van der Waals surface area contributed by atoms with E-state index in [-0.39, 0.29) is 22.7 Å². The molecule has 0 aliphatic heterocycles. The molecular weight excluding hydrogens is 238 g/mol. The molecule has 0 aromatic carbocycles. The maximum atomic E-state index is 11.2. The van der Waals surface area contributed by atoms with Gasteiger partial charge in [-0.1, -0.05) is 27.7 Å². The van der Waals surface area contributed by atoms with Gasteiger partial charge < -0.3 is 4.74 Å². The highest BCUT2D eigenvalue weighted by Gasteiger charge is 2.30. The lowest BCUT2D eigenvalue weighted by Gasteiger charge is -2.33. The zero-order valence-electron chi connectivity index (χ0n) is 11.9. The van der Waals surface area contributed by atoms with Crippen molar-refractivity contribution in [3.8, 4) is 0 Å². The van der Waals surface area contributed by atoms with E-state index in [1.807, 2.05) is 41.5 Å².